The maximum Gasteiger partial charge on any atom is 0.215 e. The van der Waals surface area contributed by atoms with Crippen molar-refractivity contribution in [3.05, 3.63) is 64.7 Å². The molecular weight excluding hydrogens is 256 g/mol. The molecule has 19 heavy (non-hydrogen) atoms. The van der Waals surface area contributed by atoms with Crippen molar-refractivity contribution in [3.63, 3.8) is 0 Å². The maximum atomic E-state index is 6.13. The summed E-state index contributed by atoms with van der Waals surface area (Å²) in [7, 11) is 0. The van der Waals surface area contributed by atoms with Crippen LogP contribution < -0.4 is 4.99 Å². The van der Waals surface area contributed by atoms with Crippen LogP contribution in [0.25, 0.3) is 0 Å². The Balaban J connectivity index is 2.21. The van der Waals surface area contributed by atoms with E-state index in [1.54, 1.807) is 0 Å². The molecule has 2 aromatic carbocycles. The van der Waals surface area contributed by atoms with Crippen molar-refractivity contribution in [2.75, 3.05) is 6.54 Å². The lowest BCUT2D eigenvalue weighted by Gasteiger charge is -2.04. The molecule has 0 amide bonds. The third-order valence-corrected chi connectivity index (χ3v) is 3.36. The molecule has 3 heteroatoms. The zero-order chi connectivity index (χ0) is 13.2. The standard InChI is InChI=1S/C16H13ClN2/c1-11-10-18-16(12-5-3-2-4-6-12)14-9-13(17)7-8-15(14)19-11/h2-9H,10H2,1H3/p+1. The van der Waals surface area contributed by atoms with Crippen molar-refractivity contribution in [2.24, 2.45) is 4.99 Å². The van der Waals surface area contributed by atoms with Gasteiger partial charge in [0, 0.05) is 10.6 Å². The van der Waals surface area contributed by atoms with Crippen LogP contribution in [-0.4, -0.2) is 18.0 Å². The number of rotatable bonds is 1. The summed E-state index contributed by atoms with van der Waals surface area (Å²) in [5, 5.41) is 0.726. The van der Waals surface area contributed by atoms with Crippen LogP contribution in [0.5, 0.6) is 0 Å². The minimum absolute atomic E-state index is 0.726. The first-order chi connectivity index (χ1) is 9.24. The molecule has 0 unspecified atom stereocenters. The van der Waals surface area contributed by atoms with Crippen LogP contribution in [0.2, 0.25) is 5.02 Å². The molecule has 2 aromatic rings. The summed E-state index contributed by atoms with van der Waals surface area (Å²) in [6.07, 6.45) is 0. The fourth-order valence-corrected chi connectivity index (χ4v) is 2.40. The predicted molar refractivity (Wildman–Crippen MR) is 79.7 cm³/mol. The molecule has 0 spiro atoms. The van der Waals surface area contributed by atoms with Gasteiger partial charge in [-0.3, -0.25) is 4.99 Å². The van der Waals surface area contributed by atoms with E-state index in [4.69, 9.17) is 11.6 Å². The summed E-state index contributed by atoms with van der Waals surface area (Å²) in [5.74, 6) is 0. The van der Waals surface area contributed by atoms with Crippen molar-refractivity contribution >= 4 is 28.7 Å². The Morgan fingerprint density at radius 1 is 1.11 bits per heavy atom. The van der Waals surface area contributed by atoms with E-state index in [1.165, 1.54) is 0 Å². The zero-order valence-electron chi connectivity index (χ0n) is 10.7. The summed E-state index contributed by atoms with van der Waals surface area (Å²) in [5.41, 5.74) is 5.31. The summed E-state index contributed by atoms with van der Waals surface area (Å²) in [4.78, 5) is 8.09. The number of fused-ring (bicyclic) bond motifs is 1. The van der Waals surface area contributed by atoms with Crippen molar-refractivity contribution in [1.29, 1.82) is 0 Å². The van der Waals surface area contributed by atoms with E-state index < -0.39 is 0 Å². The van der Waals surface area contributed by atoms with E-state index in [2.05, 4.69) is 22.1 Å². The minimum Gasteiger partial charge on any atom is -0.251 e. The van der Waals surface area contributed by atoms with E-state index >= 15 is 0 Å². The molecule has 0 aromatic heterocycles. The first-order valence-electron chi connectivity index (χ1n) is 6.24. The third-order valence-electron chi connectivity index (χ3n) is 3.12. The molecule has 2 nitrogen and oxygen atoms in total. The van der Waals surface area contributed by atoms with Crippen molar-refractivity contribution < 1.29 is 4.99 Å². The highest BCUT2D eigenvalue weighted by Gasteiger charge is 2.20. The van der Waals surface area contributed by atoms with Gasteiger partial charge in [0.25, 0.3) is 0 Å². The van der Waals surface area contributed by atoms with Gasteiger partial charge < -0.3 is 0 Å². The molecule has 1 N–H and O–H groups in total. The Hall–Kier alpha value is -1.93. The Kier molecular flexibility index (Phi) is 3.18. The van der Waals surface area contributed by atoms with E-state index in [9.17, 15) is 0 Å². The second-order valence-electron chi connectivity index (χ2n) is 4.60. The van der Waals surface area contributed by atoms with E-state index in [0.717, 1.165) is 39.8 Å². The number of hydrogen-bond acceptors (Lipinski definition) is 1. The van der Waals surface area contributed by atoms with Gasteiger partial charge in [-0.05, 0) is 37.3 Å². The Labute approximate surface area is 117 Å². The van der Waals surface area contributed by atoms with Crippen LogP contribution in [0.3, 0.4) is 0 Å². The largest absolute Gasteiger partial charge is 0.251 e. The third kappa shape index (κ3) is 2.45. The summed E-state index contributed by atoms with van der Waals surface area (Å²) < 4.78 is 0. The van der Waals surface area contributed by atoms with E-state index in [1.807, 2.05) is 43.3 Å². The van der Waals surface area contributed by atoms with Crippen LogP contribution in [0.15, 0.2) is 53.5 Å². The van der Waals surface area contributed by atoms with Crippen LogP contribution in [0.1, 0.15) is 18.1 Å². The zero-order valence-corrected chi connectivity index (χ0v) is 11.4. The molecular formula is C16H14ClN2+. The summed E-state index contributed by atoms with van der Waals surface area (Å²) >= 11 is 6.13. The molecule has 1 aliphatic heterocycles. The number of benzene rings is 2. The van der Waals surface area contributed by atoms with Gasteiger partial charge in [-0.1, -0.05) is 29.8 Å². The fourth-order valence-electron chi connectivity index (χ4n) is 2.23. The molecule has 0 aliphatic carbocycles. The highest BCUT2D eigenvalue weighted by Crippen LogP contribution is 2.25. The monoisotopic (exact) mass is 269 g/mol. The van der Waals surface area contributed by atoms with Crippen molar-refractivity contribution in [2.45, 2.75) is 6.92 Å². The van der Waals surface area contributed by atoms with Crippen LogP contribution >= 0.6 is 11.6 Å². The average Bonchev–Trinajstić information content (AvgIpc) is 2.58. The average molecular weight is 270 g/mol. The number of aliphatic imine (C=N–C) groups is 1. The second kappa shape index (κ2) is 4.98. The van der Waals surface area contributed by atoms with Gasteiger partial charge >= 0.3 is 0 Å². The Bertz CT molecular complexity index is 672. The highest BCUT2D eigenvalue weighted by atomic mass is 35.5. The minimum atomic E-state index is 0.726. The van der Waals surface area contributed by atoms with E-state index in [0.29, 0.717) is 0 Å². The number of hydrogen-bond donors (Lipinski definition) is 1. The molecule has 0 atom stereocenters. The number of halogens is 1. The normalized spacial score (nSPS) is 14.2. The van der Waals surface area contributed by atoms with Gasteiger partial charge in [0.2, 0.25) is 5.71 Å². The number of nitrogens with one attached hydrogen (secondary N) is 1. The van der Waals surface area contributed by atoms with Crippen LogP contribution in [0, 0.1) is 0 Å². The second-order valence-corrected chi connectivity index (χ2v) is 5.04. The van der Waals surface area contributed by atoms with Gasteiger partial charge in [-0.25, -0.2) is 4.99 Å². The van der Waals surface area contributed by atoms with Gasteiger partial charge in [0.15, 0.2) is 6.54 Å². The van der Waals surface area contributed by atoms with Gasteiger partial charge in [0.05, 0.1) is 17.0 Å². The Morgan fingerprint density at radius 2 is 1.89 bits per heavy atom. The van der Waals surface area contributed by atoms with E-state index in [-0.39, 0.29) is 0 Å². The summed E-state index contributed by atoms with van der Waals surface area (Å²) in [6.45, 7) is 2.77. The molecule has 94 valence electrons. The molecule has 0 fully saturated rings. The van der Waals surface area contributed by atoms with Gasteiger partial charge in [-0.2, -0.15) is 0 Å². The molecule has 0 bridgehead atoms. The lowest BCUT2D eigenvalue weighted by molar-refractivity contribution is -0.437. The smallest absolute Gasteiger partial charge is 0.215 e. The topological polar surface area (TPSA) is 26.3 Å². The van der Waals surface area contributed by atoms with Crippen molar-refractivity contribution in [3.8, 4) is 0 Å². The lowest BCUT2D eigenvalue weighted by Crippen LogP contribution is -2.74. The molecule has 3 rings (SSSR count). The first-order valence-corrected chi connectivity index (χ1v) is 6.62. The molecule has 0 saturated carbocycles. The lowest BCUT2D eigenvalue weighted by atomic mass is 10.0. The van der Waals surface area contributed by atoms with Gasteiger partial charge in [0.1, 0.15) is 0 Å². The molecule has 1 heterocycles. The van der Waals surface area contributed by atoms with Gasteiger partial charge in [-0.15, -0.1) is 0 Å². The van der Waals surface area contributed by atoms with Crippen LogP contribution in [-0.2, 0) is 0 Å². The summed E-state index contributed by atoms with van der Waals surface area (Å²) in [6, 6.07) is 16.1. The molecule has 1 aliphatic rings. The number of nitrogens with zero attached hydrogens (tertiary/aromatic N) is 1. The maximum absolute atomic E-state index is 6.13. The quantitative estimate of drug-likeness (QED) is 0.823. The highest BCUT2D eigenvalue weighted by molar-refractivity contribution is 6.31. The van der Waals surface area contributed by atoms with Crippen LogP contribution in [0.4, 0.5) is 5.69 Å². The Morgan fingerprint density at radius 3 is 2.68 bits per heavy atom. The first kappa shape index (κ1) is 12.1. The van der Waals surface area contributed by atoms with Crippen molar-refractivity contribution in [1.82, 2.24) is 0 Å². The SMILES string of the molecule is CC1=Nc2ccc(Cl)cc2C(c2ccccc2)=[NH+]C1. The molecule has 0 saturated heterocycles. The molecule has 0 radical (unpaired) electrons. The predicted octanol–water partition coefficient (Wildman–Crippen LogP) is 2.36. The fraction of sp³-hybridized carbons (Fsp3) is 0.125.